The standard InChI is InChI=1S/C20H11F5N2O2/c21-16-3-1-2-15(18(16)22)19(29)13(11-28)10-12-4-6-14(7-5-12)27-9-8-17(26-27)20(23,24)25/h1-11H. The lowest BCUT2D eigenvalue weighted by molar-refractivity contribution is -0.141. The van der Waals surface area contributed by atoms with Gasteiger partial charge in [-0.1, -0.05) is 18.2 Å². The molecule has 0 radical (unpaired) electrons. The summed E-state index contributed by atoms with van der Waals surface area (Å²) in [5.41, 5.74) is -1.39. The lowest BCUT2D eigenvalue weighted by atomic mass is 10.0. The molecule has 0 aliphatic carbocycles. The van der Waals surface area contributed by atoms with E-state index in [1.807, 2.05) is 0 Å². The fraction of sp³-hybridized carbons (Fsp3) is 0.0500. The maximum absolute atomic E-state index is 13.8. The van der Waals surface area contributed by atoms with Gasteiger partial charge in [-0.3, -0.25) is 9.59 Å². The van der Waals surface area contributed by atoms with E-state index in [0.717, 1.165) is 41.2 Å². The number of benzene rings is 2. The van der Waals surface area contributed by atoms with E-state index in [-0.39, 0.29) is 6.29 Å². The Morgan fingerprint density at radius 2 is 1.69 bits per heavy atom. The van der Waals surface area contributed by atoms with Gasteiger partial charge in [-0.2, -0.15) is 18.3 Å². The molecule has 1 heterocycles. The SMILES string of the molecule is O=CC(=Cc1ccc(-n2ccc(C(F)(F)F)n2)cc1)C(=O)c1cccc(F)c1F. The molecule has 148 valence electrons. The van der Waals surface area contributed by atoms with Crippen molar-refractivity contribution >= 4 is 18.1 Å². The third kappa shape index (κ3) is 4.29. The van der Waals surface area contributed by atoms with E-state index in [9.17, 15) is 31.5 Å². The van der Waals surface area contributed by atoms with Crippen LogP contribution in [0.15, 0.2) is 60.3 Å². The van der Waals surface area contributed by atoms with Crippen molar-refractivity contribution in [3.63, 3.8) is 0 Å². The van der Waals surface area contributed by atoms with Crippen LogP contribution in [0.25, 0.3) is 11.8 Å². The fourth-order valence-electron chi connectivity index (χ4n) is 2.51. The topological polar surface area (TPSA) is 52.0 Å². The first kappa shape index (κ1) is 20.1. The summed E-state index contributed by atoms with van der Waals surface area (Å²) < 4.78 is 66.0. The summed E-state index contributed by atoms with van der Waals surface area (Å²) in [7, 11) is 0. The summed E-state index contributed by atoms with van der Waals surface area (Å²) in [6.07, 6.45) is -2.06. The second kappa shape index (κ2) is 7.78. The normalized spacial score (nSPS) is 12.1. The van der Waals surface area contributed by atoms with E-state index in [2.05, 4.69) is 5.10 Å². The molecule has 0 aliphatic rings. The maximum atomic E-state index is 13.8. The Bertz CT molecular complexity index is 1100. The van der Waals surface area contributed by atoms with Gasteiger partial charge in [0, 0.05) is 6.20 Å². The minimum Gasteiger partial charge on any atom is -0.298 e. The Morgan fingerprint density at radius 3 is 2.28 bits per heavy atom. The van der Waals surface area contributed by atoms with Crippen LogP contribution in [0.4, 0.5) is 22.0 Å². The van der Waals surface area contributed by atoms with Crippen molar-refractivity contribution in [2.45, 2.75) is 6.18 Å². The van der Waals surface area contributed by atoms with Crippen molar-refractivity contribution in [1.82, 2.24) is 9.78 Å². The first-order chi connectivity index (χ1) is 13.7. The van der Waals surface area contributed by atoms with Crippen LogP contribution in [0.2, 0.25) is 0 Å². The number of Topliss-reactive ketones (excluding diaryl/α,β-unsaturated/α-hetero) is 1. The molecular weight excluding hydrogens is 395 g/mol. The van der Waals surface area contributed by atoms with E-state index in [1.165, 1.54) is 24.3 Å². The summed E-state index contributed by atoms with van der Waals surface area (Å²) in [6, 6.07) is 9.58. The summed E-state index contributed by atoms with van der Waals surface area (Å²) in [6.45, 7) is 0. The summed E-state index contributed by atoms with van der Waals surface area (Å²) >= 11 is 0. The van der Waals surface area contributed by atoms with Gasteiger partial charge in [0.25, 0.3) is 0 Å². The van der Waals surface area contributed by atoms with E-state index >= 15 is 0 Å². The predicted octanol–water partition coefficient (Wildman–Crippen LogP) is 4.63. The van der Waals surface area contributed by atoms with E-state index in [4.69, 9.17) is 0 Å². The number of carbonyl (C=O) groups is 2. The molecule has 2 aromatic carbocycles. The molecule has 1 aromatic heterocycles. The summed E-state index contributed by atoms with van der Waals surface area (Å²) in [4.78, 5) is 23.6. The lowest BCUT2D eigenvalue weighted by Crippen LogP contribution is -2.08. The molecule has 0 spiro atoms. The Hall–Kier alpha value is -3.62. The lowest BCUT2D eigenvalue weighted by Gasteiger charge is -2.05. The van der Waals surface area contributed by atoms with Crippen LogP contribution in [0.3, 0.4) is 0 Å². The van der Waals surface area contributed by atoms with Crippen LogP contribution in [-0.2, 0) is 11.0 Å². The number of ketones is 1. The van der Waals surface area contributed by atoms with Gasteiger partial charge in [0.05, 0.1) is 16.8 Å². The molecule has 0 bridgehead atoms. The van der Waals surface area contributed by atoms with Crippen LogP contribution >= 0.6 is 0 Å². The molecule has 0 amide bonds. The van der Waals surface area contributed by atoms with Crippen molar-refractivity contribution in [3.05, 3.63) is 88.8 Å². The number of aldehydes is 1. The van der Waals surface area contributed by atoms with Crippen LogP contribution < -0.4 is 0 Å². The quantitative estimate of drug-likeness (QED) is 0.155. The number of nitrogens with zero attached hydrogens (tertiary/aromatic N) is 2. The smallest absolute Gasteiger partial charge is 0.298 e. The average Bonchev–Trinajstić information content (AvgIpc) is 3.19. The van der Waals surface area contributed by atoms with Gasteiger partial charge in [0.2, 0.25) is 0 Å². The van der Waals surface area contributed by atoms with Gasteiger partial charge in [0.1, 0.15) is 0 Å². The van der Waals surface area contributed by atoms with Gasteiger partial charge >= 0.3 is 6.18 Å². The highest BCUT2D eigenvalue weighted by Crippen LogP contribution is 2.28. The highest BCUT2D eigenvalue weighted by molar-refractivity contribution is 6.23. The average molecular weight is 406 g/mol. The zero-order chi connectivity index (χ0) is 21.2. The molecule has 0 unspecified atom stereocenters. The second-order valence-electron chi connectivity index (χ2n) is 5.88. The van der Waals surface area contributed by atoms with Crippen LogP contribution in [0.5, 0.6) is 0 Å². The molecule has 0 N–H and O–H groups in total. The first-order valence-corrected chi connectivity index (χ1v) is 8.09. The molecule has 0 aliphatic heterocycles. The molecule has 3 rings (SSSR count). The zero-order valence-corrected chi connectivity index (χ0v) is 14.5. The van der Waals surface area contributed by atoms with Crippen LogP contribution in [0.1, 0.15) is 21.6 Å². The minimum absolute atomic E-state index is 0.212. The minimum atomic E-state index is -4.57. The molecule has 9 heteroatoms. The number of hydrogen-bond acceptors (Lipinski definition) is 3. The third-order valence-corrected chi connectivity index (χ3v) is 3.94. The van der Waals surface area contributed by atoms with Crippen LogP contribution in [0, 0.1) is 11.6 Å². The second-order valence-corrected chi connectivity index (χ2v) is 5.88. The van der Waals surface area contributed by atoms with Crippen molar-refractivity contribution < 1.29 is 31.5 Å². The number of aromatic nitrogens is 2. The number of allylic oxidation sites excluding steroid dienone is 1. The molecule has 4 nitrogen and oxygen atoms in total. The van der Waals surface area contributed by atoms with Crippen molar-refractivity contribution in [1.29, 1.82) is 0 Å². The first-order valence-electron chi connectivity index (χ1n) is 8.09. The number of carbonyl (C=O) groups excluding carboxylic acids is 2. The van der Waals surface area contributed by atoms with Gasteiger partial charge in [0.15, 0.2) is 29.4 Å². The molecule has 0 fully saturated rings. The molecule has 29 heavy (non-hydrogen) atoms. The molecule has 0 saturated heterocycles. The molecular formula is C20H11F5N2O2. The van der Waals surface area contributed by atoms with E-state index < -0.39 is 40.4 Å². The Balaban J connectivity index is 1.87. The molecule has 0 saturated carbocycles. The Kier molecular flexibility index (Phi) is 5.40. The number of rotatable bonds is 5. The van der Waals surface area contributed by atoms with Gasteiger partial charge in [-0.15, -0.1) is 0 Å². The van der Waals surface area contributed by atoms with E-state index in [0.29, 0.717) is 11.3 Å². The Morgan fingerprint density at radius 1 is 1.00 bits per heavy atom. The largest absolute Gasteiger partial charge is 0.435 e. The summed E-state index contributed by atoms with van der Waals surface area (Å²) in [5, 5.41) is 3.43. The zero-order valence-electron chi connectivity index (χ0n) is 14.5. The number of halogens is 5. The Labute approximate surface area is 160 Å². The van der Waals surface area contributed by atoms with E-state index in [1.54, 1.807) is 0 Å². The molecule has 0 atom stereocenters. The van der Waals surface area contributed by atoms with Crippen molar-refractivity contribution in [2.24, 2.45) is 0 Å². The number of hydrogen-bond donors (Lipinski definition) is 0. The summed E-state index contributed by atoms with van der Waals surface area (Å²) in [5.74, 6) is -3.58. The van der Waals surface area contributed by atoms with Gasteiger partial charge in [-0.05, 0) is 42.0 Å². The molecule has 3 aromatic rings. The number of alkyl halides is 3. The third-order valence-electron chi connectivity index (χ3n) is 3.94. The monoisotopic (exact) mass is 406 g/mol. The highest BCUT2D eigenvalue weighted by atomic mass is 19.4. The van der Waals surface area contributed by atoms with Gasteiger partial charge < -0.3 is 0 Å². The fourth-order valence-corrected chi connectivity index (χ4v) is 2.51. The van der Waals surface area contributed by atoms with Crippen molar-refractivity contribution in [2.75, 3.05) is 0 Å². The maximum Gasteiger partial charge on any atom is 0.435 e. The predicted molar refractivity (Wildman–Crippen MR) is 93.3 cm³/mol. The van der Waals surface area contributed by atoms with Crippen LogP contribution in [-0.4, -0.2) is 21.8 Å². The van der Waals surface area contributed by atoms with Crippen molar-refractivity contribution in [3.8, 4) is 5.69 Å². The van der Waals surface area contributed by atoms with Gasteiger partial charge in [-0.25, -0.2) is 13.5 Å². The highest BCUT2D eigenvalue weighted by Gasteiger charge is 2.33.